The van der Waals surface area contributed by atoms with Gasteiger partial charge < -0.3 is 5.11 Å². The first-order chi connectivity index (χ1) is 11.3. The Balaban J connectivity index is 1.67. The van der Waals surface area contributed by atoms with E-state index in [1.807, 2.05) is 6.08 Å². The van der Waals surface area contributed by atoms with Gasteiger partial charge in [0, 0.05) is 11.8 Å². The van der Waals surface area contributed by atoms with Gasteiger partial charge >= 0.3 is 0 Å². The van der Waals surface area contributed by atoms with Crippen molar-refractivity contribution in [3.8, 4) is 6.07 Å². The minimum Gasteiger partial charge on any atom is -0.388 e. The predicted molar refractivity (Wildman–Crippen MR) is 91.9 cm³/mol. The molecule has 4 rings (SSSR count). The summed E-state index contributed by atoms with van der Waals surface area (Å²) in [6.45, 7) is 4.64. The van der Waals surface area contributed by atoms with Crippen LogP contribution in [-0.4, -0.2) is 16.5 Å². The Labute approximate surface area is 145 Å². The SMILES string of the molecule is C[C@]12CCC(=O)C=C1CC[C@@H]1[C@@H]2CC[C@@]2(C)[C@H]1CC[C@]2(O)CC#N. The Kier molecular flexibility index (Phi) is 3.52. The highest BCUT2D eigenvalue weighted by atomic mass is 16.3. The summed E-state index contributed by atoms with van der Waals surface area (Å²) in [7, 11) is 0. The summed E-state index contributed by atoms with van der Waals surface area (Å²) in [6.07, 6.45) is 10.1. The average Bonchev–Trinajstić information content (AvgIpc) is 2.80. The molecule has 0 spiro atoms. The second kappa shape index (κ2) is 5.18. The van der Waals surface area contributed by atoms with Crippen LogP contribution >= 0.6 is 0 Å². The summed E-state index contributed by atoms with van der Waals surface area (Å²) in [6, 6.07) is 2.24. The molecule has 4 aliphatic carbocycles. The molecule has 0 bridgehead atoms. The summed E-state index contributed by atoms with van der Waals surface area (Å²) >= 11 is 0. The van der Waals surface area contributed by atoms with Gasteiger partial charge in [0.15, 0.2) is 5.78 Å². The largest absolute Gasteiger partial charge is 0.388 e. The van der Waals surface area contributed by atoms with Crippen molar-refractivity contribution in [3.05, 3.63) is 11.6 Å². The van der Waals surface area contributed by atoms with Crippen LogP contribution in [0.25, 0.3) is 0 Å². The predicted octanol–water partition coefficient (Wildman–Crippen LogP) is 4.16. The lowest BCUT2D eigenvalue weighted by Crippen LogP contribution is -2.54. The molecule has 6 atom stereocenters. The van der Waals surface area contributed by atoms with Gasteiger partial charge in [0.1, 0.15) is 0 Å². The van der Waals surface area contributed by atoms with Crippen molar-refractivity contribution in [2.45, 2.75) is 77.2 Å². The van der Waals surface area contributed by atoms with Crippen molar-refractivity contribution in [1.29, 1.82) is 5.26 Å². The molecule has 3 saturated carbocycles. The van der Waals surface area contributed by atoms with Crippen LogP contribution in [0.4, 0.5) is 0 Å². The van der Waals surface area contributed by atoms with Crippen molar-refractivity contribution in [3.63, 3.8) is 0 Å². The number of ketones is 1. The number of nitrogens with zero attached hydrogens (tertiary/aromatic N) is 1. The van der Waals surface area contributed by atoms with E-state index in [1.165, 1.54) is 5.57 Å². The number of carbonyl (C=O) groups is 1. The highest BCUT2D eigenvalue weighted by Crippen LogP contribution is 2.67. The normalized spacial score (nSPS) is 50.3. The van der Waals surface area contributed by atoms with Gasteiger partial charge in [-0.25, -0.2) is 0 Å². The van der Waals surface area contributed by atoms with E-state index in [9.17, 15) is 15.2 Å². The lowest BCUT2D eigenvalue weighted by molar-refractivity contribution is -0.128. The van der Waals surface area contributed by atoms with Crippen LogP contribution in [0.5, 0.6) is 0 Å². The molecule has 24 heavy (non-hydrogen) atoms. The molecule has 0 aromatic heterocycles. The molecule has 3 heteroatoms. The van der Waals surface area contributed by atoms with Gasteiger partial charge in [0.05, 0.1) is 18.1 Å². The Bertz CT molecular complexity index is 647. The van der Waals surface area contributed by atoms with Crippen LogP contribution in [0.3, 0.4) is 0 Å². The summed E-state index contributed by atoms with van der Waals surface area (Å²) in [5.74, 6) is 2.14. The summed E-state index contributed by atoms with van der Waals surface area (Å²) < 4.78 is 0. The summed E-state index contributed by atoms with van der Waals surface area (Å²) in [4.78, 5) is 11.9. The van der Waals surface area contributed by atoms with Gasteiger partial charge in [-0.05, 0) is 74.2 Å². The number of hydrogen-bond donors (Lipinski definition) is 1. The number of aliphatic hydroxyl groups is 1. The van der Waals surface area contributed by atoms with Crippen LogP contribution in [-0.2, 0) is 4.79 Å². The van der Waals surface area contributed by atoms with E-state index in [2.05, 4.69) is 19.9 Å². The molecule has 4 aliphatic rings. The molecule has 1 N–H and O–H groups in total. The van der Waals surface area contributed by atoms with Crippen LogP contribution < -0.4 is 0 Å². The molecule has 0 saturated heterocycles. The Morgan fingerprint density at radius 3 is 2.67 bits per heavy atom. The first-order valence-electron chi connectivity index (χ1n) is 9.67. The lowest BCUT2D eigenvalue weighted by Gasteiger charge is -2.59. The van der Waals surface area contributed by atoms with Crippen LogP contribution in [0, 0.1) is 39.9 Å². The Morgan fingerprint density at radius 1 is 1.17 bits per heavy atom. The second-order valence-corrected chi connectivity index (χ2v) is 9.33. The highest BCUT2D eigenvalue weighted by molar-refractivity contribution is 5.91. The van der Waals surface area contributed by atoms with Crippen molar-refractivity contribution in [1.82, 2.24) is 0 Å². The van der Waals surface area contributed by atoms with Gasteiger partial charge in [-0.15, -0.1) is 0 Å². The number of hydrogen-bond acceptors (Lipinski definition) is 3. The number of rotatable bonds is 1. The van der Waals surface area contributed by atoms with E-state index in [-0.39, 0.29) is 17.3 Å². The lowest BCUT2D eigenvalue weighted by atomic mass is 9.46. The zero-order valence-electron chi connectivity index (χ0n) is 15.0. The van der Waals surface area contributed by atoms with Gasteiger partial charge in [0.2, 0.25) is 0 Å². The molecular weight excluding hydrogens is 298 g/mol. The molecule has 0 radical (unpaired) electrons. The van der Waals surface area contributed by atoms with Crippen LogP contribution in [0.1, 0.15) is 71.6 Å². The van der Waals surface area contributed by atoms with Gasteiger partial charge in [-0.1, -0.05) is 19.4 Å². The molecular formula is C21H29NO2. The quantitative estimate of drug-likeness (QED) is 0.786. The molecule has 0 amide bonds. The summed E-state index contributed by atoms with van der Waals surface area (Å²) in [5.41, 5.74) is 0.686. The Morgan fingerprint density at radius 2 is 1.92 bits per heavy atom. The maximum absolute atomic E-state index is 11.9. The van der Waals surface area contributed by atoms with Gasteiger partial charge in [-0.2, -0.15) is 5.26 Å². The number of fused-ring (bicyclic) bond motifs is 5. The third-order valence-corrected chi connectivity index (χ3v) is 8.66. The Hall–Kier alpha value is -1.14. The maximum Gasteiger partial charge on any atom is 0.155 e. The second-order valence-electron chi connectivity index (χ2n) is 9.33. The fourth-order valence-corrected chi connectivity index (χ4v) is 7.09. The topological polar surface area (TPSA) is 61.1 Å². The van der Waals surface area contributed by atoms with Crippen molar-refractivity contribution < 1.29 is 9.90 Å². The first-order valence-corrected chi connectivity index (χ1v) is 9.67. The summed E-state index contributed by atoms with van der Waals surface area (Å²) in [5, 5.41) is 20.4. The molecule has 0 unspecified atom stereocenters. The monoisotopic (exact) mass is 327 g/mol. The van der Waals surface area contributed by atoms with Gasteiger partial charge in [-0.3, -0.25) is 4.79 Å². The van der Waals surface area contributed by atoms with Crippen LogP contribution in [0.2, 0.25) is 0 Å². The van der Waals surface area contributed by atoms with E-state index in [0.717, 1.165) is 44.9 Å². The molecule has 3 fully saturated rings. The smallest absolute Gasteiger partial charge is 0.155 e. The molecule has 0 aromatic rings. The average molecular weight is 327 g/mol. The number of nitriles is 1. The molecule has 0 heterocycles. The minimum absolute atomic E-state index is 0.105. The number of allylic oxidation sites excluding steroid dienone is 1. The number of carbonyl (C=O) groups excluding carboxylic acids is 1. The molecule has 0 aromatic carbocycles. The third-order valence-electron chi connectivity index (χ3n) is 8.66. The van der Waals surface area contributed by atoms with E-state index in [4.69, 9.17) is 0 Å². The van der Waals surface area contributed by atoms with E-state index in [1.54, 1.807) is 0 Å². The van der Waals surface area contributed by atoms with Crippen molar-refractivity contribution in [2.75, 3.05) is 0 Å². The van der Waals surface area contributed by atoms with E-state index < -0.39 is 5.60 Å². The zero-order chi connectivity index (χ0) is 17.2. The fraction of sp³-hybridized carbons (Fsp3) is 0.810. The zero-order valence-corrected chi connectivity index (χ0v) is 15.0. The molecule has 130 valence electrons. The highest BCUT2D eigenvalue weighted by Gasteiger charge is 2.63. The standard InChI is InChI=1S/C21H29NO2/c1-19-8-5-15(23)13-14(19)3-4-16-17(19)6-9-20(2)18(16)7-10-21(20,24)11-12-22/h13,16-18,24H,3-11H2,1-2H3/t16-,17+,18+,19+,20+,21+/m1/s1. The maximum atomic E-state index is 11.9. The van der Waals surface area contributed by atoms with E-state index >= 15 is 0 Å². The first kappa shape index (κ1) is 16.3. The minimum atomic E-state index is -0.795. The molecule has 0 aliphatic heterocycles. The molecule has 3 nitrogen and oxygen atoms in total. The third kappa shape index (κ3) is 1.96. The van der Waals surface area contributed by atoms with Crippen molar-refractivity contribution in [2.24, 2.45) is 28.6 Å². The van der Waals surface area contributed by atoms with Gasteiger partial charge in [0.25, 0.3) is 0 Å². The fourth-order valence-electron chi connectivity index (χ4n) is 7.09. The van der Waals surface area contributed by atoms with Crippen LogP contribution in [0.15, 0.2) is 11.6 Å². The van der Waals surface area contributed by atoms with Crippen molar-refractivity contribution >= 4 is 5.78 Å². The van der Waals surface area contributed by atoms with E-state index in [0.29, 0.717) is 30.0 Å².